The molecule has 0 spiro atoms. The smallest absolute Gasteiger partial charge is 0.407 e. The largest absolute Gasteiger partial charge is 0.444 e. The van der Waals surface area contributed by atoms with Crippen molar-refractivity contribution in [3.05, 3.63) is 10.4 Å². The van der Waals surface area contributed by atoms with E-state index in [1.54, 1.807) is 25.7 Å². The van der Waals surface area contributed by atoms with Crippen molar-refractivity contribution in [3.63, 3.8) is 0 Å². The predicted octanol–water partition coefficient (Wildman–Crippen LogP) is 2.20. The van der Waals surface area contributed by atoms with Gasteiger partial charge in [0.15, 0.2) is 0 Å². The molecular formula is C13H23N5O3. The topological polar surface area (TPSA) is 107 Å². The highest BCUT2D eigenvalue weighted by atomic mass is 16.6. The van der Waals surface area contributed by atoms with Crippen LogP contribution in [0.2, 0.25) is 0 Å². The SMILES string of the molecule is CC(C)(C)OC(=O)NCCCN1C(=O)CC[C@@H]1CN=[N+]=[N-]. The number of ether oxygens (including phenoxy) is 1. The van der Waals surface area contributed by atoms with Gasteiger partial charge >= 0.3 is 6.09 Å². The summed E-state index contributed by atoms with van der Waals surface area (Å²) in [5.41, 5.74) is 7.82. The maximum absolute atomic E-state index is 11.7. The number of hydrogen-bond acceptors (Lipinski definition) is 4. The van der Waals surface area contributed by atoms with Crippen LogP contribution in [0.4, 0.5) is 4.79 Å². The summed E-state index contributed by atoms with van der Waals surface area (Å²) in [6.07, 6.45) is 1.39. The molecule has 1 rings (SSSR count). The lowest BCUT2D eigenvalue weighted by Crippen LogP contribution is -2.38. The Morgan fingerprint density at radius 1 is 1.57 bits per heavy atom. The van der Waals surface area contributed by atoms with E-state index in [2.05, 4.69) is 15.3 Å². The van der Waals surface area contributed by atoms with Crippen molar-refractivity contribution >= 4 is 12.0 Å². The Bertz CT molecular complexity index is 426. The molecule has 118 valence electrons. The van der Waals surface area contributed by atoms with Crippen LogP contribution < -0.4 is 5.32 Å². The molecule has 2 amide bonds. The summed E-state index contributed by atoms with van der Waals surface area (Å²) in [6.45, 7) is 6.69. The number of likely N-dealkylation sites (tertiary alicyclic amines) is 1. The normalized spacial score (nSPS) is 18.3. The van der Waals surface area contributed by atoms with Crippen molar-refractivity contribution in [1.29, 1.82) is 0 Å². The number of nitrogens with zero attached hydrogens (tertiary/aromatic N) is 4. The highest BCUT2D eigenvalue weighted by Gasteiger charge is 2.29. The third kappa shape index (κ3) is 6.35. The Kier molecular flexibility index (Phi) is 6.30. The average molecular weight is 297 g/mol. The summed E-state index contributed by atoms with van der Waals surface area (Å²) in [6, 6.07) is -0.0186. The molecule has 0 aromatic rings. The van der Waals surface area contributed by atoms with E-state index in [-0.39, 0.29) is 11.9 Å². The van der Waals surface area contributed by atoms with Crippen molar-refractivity contribution in [2.45, 2.75) is 51.7 Å². The van der Waals surface area contributed by atoms with Crippen LogP contribution in [0.25, 0.3) is 10.4 Å². The van der Waals surface area contributed by atoms with Gasteiger partial charge in [0.1, 0.15) is 5.60 Å². The Morgan fingerprint density at radius 3 is 2.90 bits per heavy atom. The fraction of sp³-hybridized carbons (Fsp3) is 0.846. The minimum atomic E-state index is -0.518. The molecule has 1 saturated heterocycles. The standard InChI is InChI=1S/C13H23N5O3/c1-13(2,3)21-12(20)15-7-4-8-18-10(9-16-17-14)5-6-11(18)19/h10H,4-9H2,1-3H3,(H,15,20)/t10-/m1/s1. The van der Waals surface area contributed by atoms with Crippen LogP contribution in [-0.2, 0) is 9.53 Å². The zero-order valence-electron chi connectivity index (χ0n) is 12.8. The van der Waals surface area contributed by atoms with E-state index in [9.17, 15) is 9.59 Å². The lowest BCUT2D eigenvalue weighted by Gasteiger charge is -2.24. The molecular weight excluding hydrogens is 274 g/mol. The molecule has 1 fully saturated rings. The molecule has 0 bridgehead atoms. The van der Waals surface area contributed by atoms with E-state index < -0.39 is 11.7 Å². The maximum Gasteiger partial charge on any atom is 0.407 e. The number of carbonyl (C=O) groups is 2. The first kappa shape index (κ1) is 17.1. The van der Waals surface area contributed by atoms with Gasteiger partial charge in [-0.25, -0.2) is 4.79 Å². The van der Waals surface area contributed by atoms with E-state index >= 15 is 0 Å². The zero-order valence-corrected chi connectivity index (χ0v) is 12.8. The average Bonchev–Trinajstić information content (AvgIpc) is 2.71. The van der Waals surface area contributed by atoms with Crippen molar-refractivity contribution < 1.29 is 14.3 Å². The lowest BCUT2D eigenvalue weighted by atomic mass is 10.2. The molecule has 0 aromatic heterocycles. The van der Waals surface area contributed by atoms with Crippen LogP contribution in [0.1, 0.15) is 40.0 Å². The first-order valence-corrected chi connectivity index (χ1v) is 7.10. The summed E-state index contributed by atoms with van der Waals surface area (Å²) < 4.78 is 5.12. The van der Waals surface area contributed by atoms with Crippen LogP contribution in [0.5, 0.6) is 0 Å². The van der Waals surface area contributed by atoms with Gasteiger partial charge in [-0.1, -0.05) is 5.11 Å². The van der Waals surface area contributed by atoms with Crippen LogP contribution in [-0.4, -0.2) is 48.2 Å². The molecule has 1 aliphatic rings. The second kappa shape index (κ2) is 7.73. The van der Waals surface area contributed by atoms with Gasteiger partial charge in [-0.15, -0.1) is 0 Å². The predicted molar refractivity (Wildman–Crippen MR) is 77.6 cm³/mol. The third-order valence-electron chi connectivity index (χ3n) is 3.05. The maximum atomic E-state index is 11.7. The van der Waals surface area contributed by atoms with Gasteiger partial charge < -0.3 is 15.0 Å². The Morgan fingerprint density at radius 2 is 2.29 bits per heavy atom. The lowest BCUT2D eigenvalue weighted by molar-refractivity contribution is -0.128. The summed E-state index contributed by atoms with van der Waals surface area (Å²) in [5, 5.41) is 6.19. The fourth-order valence-electron chi connectivity index (χ4n) is 2.18. The van der Waals surface area contributed by atoms with Gasteiger partial charge in [-0.05, 0) is 39.1 Å². The highest BCUT2D eigenvalue weighted by Crippen LogP contribution is 2.19. The van der Waals surface area contributed by atoms with Gasteiger partial charge in [-0.2, -0.15) is 0 Å². The monoisotopic (exact) mass is 297 g/mol. The molecule has 1 heterocycles. The highest BCUT2D eigenvalue weighted by molar-refractivity contribution is 5.78. The fourth-order valence-corrected chi connectivity index (χ4v) is 2.18. The zero-order chi connectivity index (χ0) is 15.9. The van der Waals surface area contributed by atoms with E-state index in [1.807, 2.05) is 0 Å². The number of alkyl carbamates (subject to hydrolysis) is 1. The van der Waals surface area contributed by atoms with E-state index in [0.29, 0.717) is 32.5 Å². The number of carbonyl (C=O) groups excluding carboxylic acids is 2. The van der Waals surface area contributed by atoms with E-state index in [1.165, 1.54) is 0 Å². The number of nitrogens with one attached hydrogen (secondary N) is 1. The molecule has 0 radical (unpaired) electrons. The second-order valence-electron chi connectivity index (χ2n) is 5.98. The molecule has 1 aliphatic heterocycles. The van der Waals surface area contributed by atoms with Gasteiger partial charge in [0, 0.05) is 37.0 Å². The molecule has 21 heavy (non-hydrogen) atoms. The van der Waals surface area contributed by atoms with E-state index in [4.69, 9.17) is 10.3 Å². The van der Waals surface area contributed by atoms with Crippen LogP contribution in [0.15, 0.2) is 5.11 Å². The molecule has 1 atom stereocenters. The first-order valence-electron chi connectivity index (χ1n) is 7.10. The minimum Gasteiger partial charge on any atom is -0.444 e. The molecule has 0 aromatic carbocycles. The van der Waals surface area contributed by atoms with Crippen molar-refractivity contribution in [2.24, 2.45) is 5.11 Å². The van der Waals surface area contributed by atoms with Gasteiger partial charge in [-0.3, -0.25) is 4.79 Å². The minimum absolute atomic E-state index is 0.0186. The number of rotatable bonds is 6. The van der Waals surface area contributed by atoms with Crippen LogP contribution in [0.3, 0.4) is 0 Å². The summed E-state index contributed by atoms with van der Waals surface area (Å²) >= 11 is 0. The van der Waals surface area contributed by atoms with Gasteiger partial charge in [0.05, 0.1) is 0 Å². The number of amides is 2. The number of hydrogen-bond donors (Lipinski definition) is 1. The van der Waals surface area contributed by atoms with Crippen LogP contribution >= 0.6 is 0 Å². The molecule has 8 heteroatoms. The second-order valence-corrected chi connectivity index (χ2v) is 5.98. The van der Waals surface area contributed by atoms with Crippen LogP contribution in [0, 0.1) is 0 Å². The molecule has 8 nitrogen and oxygen atoms in total. The van der Waals surface area contributed by atoms with Gasteiger partial charge in [0.2, 0.25) is 5.91 Å². The molecule has 0 unspecified atom stereocenters. The summed E-state index contributed by atoms with van der Waals surface area (Å²) in [7, 11) is 0. The Balaban J connectivity index is 2.28. The first-order chi connectivity index (χ1) is 9.83. The van der Waals surface area contributed by atoms with Crippen molar-refractivity contribution in [1.82, 2.24) is 10.2 Å². The molecule has 0 saturated carbocycles. The molecule has 1 N–H and O–H groups in total. The summed E-state index contributed by atoms with van der Waals surface area (Å²) in [4.78, 5) is 27.7. The third-order valence-corrected chi connectivity index (χ3v) is 3.05. The van der Waals surface area contributed by atoms with Crippen molar-refractivity contribution in [3.8, 4) is 0 Å². The molecule has 0 aliphatic carbocycles. The van der Waals surface area contributed by atoms with E-state index in [0.717, 1.165) is 6.42 Å². The van der Waals surface area contributed by atoms with Crippen molar-refractivity contribution in [2.75, 3.05) is 19.6 Å². The number of azide groups is 1. The Hall–Kier alpha value is -1.95. The summed E-state index contributed by atoms with van der Waals surface area (Å²) in [5.74, 6) is 0.0745. The quantitative estimate of drug-likeness (QED) is 0.351. The Labute approximate surface area is 124 Å². The van der Waals surface area contributed by atoms with Gasteiger partial charge in [0.25, 0.3) is 0 Å².